The normalized spacial score (nSPS) is 39.9. The lowest BCUT2D eigenvalue weighted by molar-refractivity contribution is -0.379. The fourth-order valence-corrected chi connectivity index (χ4v) is 5.81. The molecule has 15 atom stereocenters. The van der Waals surface area contributed by atoms with Crippen LogP contribution < -0.4 is 15.8 Å². The maximum absolute atomic E-state index is 12.5. The van der Waals surface area contributed by atoms with Gasteiger partial charge in [-0.1, -0.05) is 0 Å². The van der Waals surface area contributed by atoms with Gasteiger partial charge in [0.05, 0.1) is 32.5 Å². The van der Waals surface area contributed by atoms with Gasteiger partial charge < -0.3 is 74.6 Å². The Balaban J connectivity index is 1.51. The van der Waals surface area contributed by atoms with E-state index in [2.05, 4.69) is 15.8 Å². The third-order valence-corrected chi connectivity index (χ3v) is 8.47. The molecular formula is C30H50N3O16+. The van der Waals surface area contributed by atoms with E-state index in [-0.39, 0.29) is 6.61 Å². The van der Waals surface area contributed by atoms with Crippen LogP contribution in [0.25, 0.3) is 0 Å². The number of aromatic nitrogens is 1. The third-order valence-electron chi connectivity index (χ3n) is 8.47. The van der Waals surface area contributed by atoms with Gasteiger partial charge in [0, 0.05) is 24.6 Å². The van der Waals surface area contributed by atoms with Crippen LogP contribution in [0.5, 0.6) is 0 Å². The molecule has 19 heteroatoms. The van der Waals surface area contributed by atoms with E-state index in [1.165, 1.54) is 13.8 Å². The number of hydrogen-bond acceptors (Lipinski definition) is 17. The molecule has 49 heavy (non-hydrogen) atoms. The Kier molecular flexibility index (Phi) is 15.0. The van der Waals surface area contributed by atoms with Crippen LogP contribution >= 0.6 is 0 Å². The van der Waals surface area contributed by atoms with Gasteiger partial charge in [-0.25, -0.2) is 10.5 Å². The maximum atomic E-state index is 12.5. The average Bonchev–Trinajstić information content (AvgIpc) is 3.07. The standard InChI is InChI=1S/C30H49N3O16/c1-13-7-16(9-31-8-13)12-44-32-5-4-6-43-28-19(33-15(3)36)27(49-30-25(42)23(40)21(38)17(10-34)46-30)26(18(11-35)47-28)48-29-24(41)22(39)20(37)14(2)45-29/h7-9,14,17-30,32,34-35,37-42H,4-6,10-12H2,1-3H3,(H,33,36)/p+1/t14?,17?,18?,19?,20-,21+,22+,23-,24?,25?,26-,27+,28-,29?,30+/m1/s1. The number of H-pyrrole nitrogens is 1. The second kappa shape index (κ2) is 18.5. The molecule has 3 fully saturated rings. The summed E-state index contributed by atoms with van der Waals surface area (Å²) in [7, 11) is 0. The minimum atomic E-state index is -1.86. The number of nitrogens with one attached hydrogen (secondary N) is 3. The number of rotatable bonds is 15. The molecule has 3 aliphatic rings. The third kappa shape index (κ3) is 10.1. The van der Waals surface area contributed by atoms with E-state index >= 15 is 0 Å². The van der Waals surface area contributed by atoms with Gasteiger partial charge in [0.1, 0.15) is 67.1 Å². The van der Waals surface area contributed by atoms with Crippen molar-refractivity contribution in [1.82, 2.24) is 10.8 Å². The van der Waals surface area contributed by atoms with Crippen molar-refractivity contribution in [1.29, 1.82) is 0 Å². The lowest BCUT2D eigenvalue weighted by Gasteiger charge is -2.50. The van der Waals surface area contributed by atoms with Crippen molar-refractivity contribution in [3.05, 3.63) is 29.6 Å². The maximum Gasteiger partial charge on any atom is 0.217 e. The summed E-state index contributed by atoms with van der Waals surface area (Å²) in [5, 5.41) is 85.4. The van der Waals surface area contributed by atoms with E-state index in [0.717, 1.165) is 11.1 Å². The van der Waals surface area contributed by atoms with Gasteiger partial charge in [0.2, 0.25) is 5.91 Å². The van der Waals surface area contributed by atoms with E-state index in [1.807, 2.05) is 25.4 Å². The van der Waals surface area contributed by atoms with E-state index in [4.69, 9.17) is 33.3 Å². The summed E-state index contributed by atoms with van der Waals surface area (Å²) in [5.74, 6) is -0.574. The smallest absolute Gasteiger partial charge is 0.217 e. The van der Waals surface area contributed by atoms with Gasteiger partial charge in [-0.05, 0) is 26.3 Å². The first-order valence-electron chi connectivity index (χ1n) is 16.1. The number of carbonyl (C=O) groups is 1. The van der Waals surface area contributed by atoms with Crippen LogP contribution in [-0.2, 0) is 44.7 Å². The molecule has 3 aliphatic heterocycles. The predicted octanol–water partition coefficient (Wildman–Crippen LogP) is -5.14. The van der Waals surface area contributed by atoms with Crippen molar-refractivity contribution >= 4 is 5.91 Å². The first-order valence-corrected chi connectivity index (χ1v) is 16.1. The van der Waals surface area contributed by atoms with Crippen LogP contribution in [0.3, 0.4) is 0 Å². The van der Waals surface area contributed by atoms with Crippen LogP contribution in [0.1, 0.15) is 31.4 Å². The van der Waals surface area contributed by atoms with Gasteiger partial charge in [-0.2, -0.15) is 0 Å². The minimum Gasteiger partial charge on any atom is -0.394 e. The number of ether oxygens (including phenoxy) is 6. The highest BCUT2D eigenvalue weighted by molar-refractivity contribution is 5.73. The van der Waals surface area contributed by atoms with Gasteiger partial charge in [0.15, 0.2) is 31.3 Å². The van der Waals surface area contributed by atoms with Crippen molar-refractivity contribution in [3.63, 3.8) is 0 Å². The molecule has 0 radical (unpaired) electrons. The molecule has 7 unspecified atom stereocenters. The molecule has 1 aromatic heterocycles. The summed E-state index contributed by atoms with van der Waals surface area (Å²) in [5.41, 5.74) is 4.81. The number of aliphatic hydroxyl groups is 8. The van der Waals surface area contributed by atoms with Crippen LogP contribution in [0.4, 0.5) is 0 Å². The SMILES string of the molecule is CC(=O)NC1[C@H](OCCCNOCc2c[nH+]cc(C)c2)OC(CO)[C@@H](OC2OC(C)[C@@H](O)[C@H](O)C2O)[C@H]1O[C@@H]1OC(CO)[C@H](O)[C@@H](O)C1O. The van der Waals surface area contributed by atoms with E-state index in [1.54, 1.807) is 0 Å². The lowest BCUT2D eigenvalue weighted by Crippen LogP contribution is -2.69. The molecule has 3 saturated heterocycles. The zero-order valence-electron chi connectivity index (χ0n) is 27.5. The molecule has 0 aromatic carbocycles. The quantitative estimate of drug-likeness (QED) is 0.0602. The molecular weight excluding hydrogens is 658 g/mol. The van der Waals surface area contributed by atoms with Gasteiger partial charge in [-0.15, -0.1) is 0 Å². The molecule has 1 amide bonds. The molecule has 11 N–H and O–H groups in total. The molecule has 0 spiro atoms. The predicted molar refractivity (Wildman–Crippen MR) is 160 cm³/mol. The van der Waals surface area contributed by atoms with E-state index in [9.17, 15) is 45.6 Å². The van der Waals surface area contributed by atoms with E-state index in [0.29, 0.717) is 19.6 Å². The summed E-state index contributed by atoms with van der Waals surface area (Å²) >= 11 is 0. The summed E-state index contributed by atoms with van der Waals surface area (Å²) in [6.45, 7) is 3.83. The number of hydroxylamine groups is 1. The number of aromatic amines is 1. The zero-order valence-corrected chi connectivity index (χ0v) is 27.5. The first-order chi connectivity index (χ1) is 23.4. The molecule has 4 heterocycles. The van der Waals surface area contributed by atoms with Crippen LogP contribution in [0, 0.1) is 6.92 Å². The second-order valence-electron chi connectivity index (χ2n) is 12.4. The van der Waals surface area contributed by atoms with Gasteiger partial charge in [-0.3, -0.25) is 9.63 Å². The Morgan fingerprint density at radius 1 is 0.837 bits per heavy atom. The van der Waals surface area contributed by atoms with Gasteiger partial charge in [0.25, 0.3) is 0 Å². The number of amides is 1. The van der Waals surface area contributed by atoms with Crippen molar-refractivity contribution in [2.75, 3.05) is 26.4 Å². The molecule has 1 aromatic rings. The second-order valence-corrected chi connectivity index (χ2v) is 12.4. The number of carbonyl (C=O) groups excluding carboxylic acids is 1. The highest BCUT2D eigenvalue weighted by Gasteiger charge is 2.54. The summed E-state index contributed by atoms with van der Waals surface area (Å²) in [4.78, 5) is 21.0. The Labute approximate surface area is 282 Å². The van der Waals surface area contributed by atoms with Crippen LogP contribution in [0.15, 0.2) is 18.5 Å². The Hall–Kier alpha value is -2.02. The largest absolute Gasteiger partial charge is 0.394 e. The molecule has 280 valence electrons. The Morgan fingerprint density at radius 3 is 2.12 bits per heavy atom. The summed E-state index contributed by atoms with van der Waals surface area (Å²) < 4.78 is 35.2. The van der Waals surface area contributed by atoms with Crippen molar-refractivity contribution in [2.24, 2.45) is 0 Å². The highest BCUT2D eigenvalue weighted by atomic mass is 16.8. The van der Waals surface area contributed by atoms with Crippen molar-refractivity contribution < 1.29 is 83.9 Å². The zero-order chi connectivity index (χ0) is 35.8. The number of hydrogen-bond donors (Lipinski definition) is 10. The highest BCUT2D eigenvalue weighted by Crippen LogP contribution is 2.33. The van der Waals surface area contributed by atoms with Crippen LogP contribution in [0.2, 0.25) is 0 Å². The molecule has 4 rings (SSSR count). The van der Waals surface area contributed by atoms with Crippen molar-refractivity contribution in [2.45, 2.75) is 126 Å². The number of aliphatic hydroxyl groups excluding tert-OH is 8. The van der Waals surface area contributed by atoms with E-state index < -0.39 is 111 Å². The first kappa shape index (κ1) is 39.8. The monoisotopic (exact) mass is 708 g/mol. The van der Waals surface area contributed by atoms with Crippen LogP contribution in [-0.4, -0.2) is 165 Å². The molecule has 19 nitrogen and oxygen atoms in total. The fourth-order valence-electron chi connectivity index (χ4n) is 5.81. The number of pyridine rings is 1. The minimum absolute atomic E-state index is 0.0534. The van der Waals surface area contributed by atoms with Gasteiger partial charge >= 0.3 is 0 Å². The topological polar surface area (TPSA) is 282 Å². The fraction of sp³-hybridized carbons (Fsp3) is 0.800. The Morgan fingerprint density at radius 2 is 1.47 bits per heavy atom. The molecule has 0 aliphatic carbocycles. The lowest BCUT2D eigenvalue weighted by atomic mass is 9.94. The van der Waals surface area contributed by atoms with Crippen molar-refractivity contribution in [3.8, 4) is 0 Å². The summed E-state index contributed by atoms with van der Waals surface area (Å²) in [6.07, 6.45) is -17.4. The molecule has 0 saturated carbocycles. The Bertz CT molecular complexity index is 1170. The molecule has 0 bridgehead atoms. The average molecular weight is 709 g/mol. The summed E-state index contributed by atoms with van der Waals surface area (Å²) in [6, 6.07) is 0.710. The number of aryl methyl sites for hydroxylation is 1.